The molecule has 96 valence electrons. The number of fused-ring (bicyclic) bond motifs is 1. The topological polar surface area (TPSA) is 94.5 Å². The van der Waals surface area contributed by atoms with Gasteiger partial charge in [0.2, 0.25) is 0 Å². The standard InChI is InChI=1S/C14H9N5O/c15-7-9-8-17-19-13(9)18-14(20)11-3-1-5-12-10(11)4-2-6-16-12/h1-6,8H,(H2,17,18,19,20). The highest BCUT2D eigenvalue weighted by Gasteiger charge is 2.13. The number of nitrogens with zero attached hydrogens (tertiary/aromatic N) is 3. The van der Waals surface area contributed by atoms with Crippen LogP contribution in [0.25, 0.3) is 10.9 Å². The minimum atomic E-state index is -0.315. The number of hydrogen-bond donors (Lipinski definition) is 2. The van der Waals surface area contributed by atoms with Crippen LogP contribution in [0.5, 0.6) is 0 Å². The lowest BCUT2D eigenvalue weighted by atomic mass is 10.1. The molecule has 0 spiro atoms. The molecule has 0 aliphatic heterocycles. The van der Waals surface area contributed by atoms with Crippen molar-refractivity contribution in [2.24, 2.45) is 0 Å². The van der Waals surface area contributed by atoms with Crippen LogP contribution in [0.15, 0.2) is 42.7 Å². The molecule has 0 fully saturated rings. The number of nitriles is 1. The third kappa shape index (κ3) is 1.97. The smallest absolute Gasteiger partial charge is 0.257 e. The second-order valence-electron chi connectivity index (χ2n) is 4.10. The van der Waals surface area contributed by atoms with E-state index in [9.17, 15) is 4.79 Å². The SMILES string of the molecule is N#Cc1cn[nH]c1NC(=O)c1cccc2ncccc12. The summed E-state index contributed by atoms with van der Waals surface area (Å²) in [6, 6.07) is 10.9. The van der Waals surface area contributed by atoms with Gasteiger partial charge in [0.25, 0.3) is 5.91 Å². The zero-order valence-corrected chi connectivity index (χ0v) is 10.3. The number of amides is 1. The van der Waals surface area contributed by atoms with E-state index in [0.717, 1.165) is 10.9 Å². The maximum atomic E-state index is 12.3. The van der Waals surface area contributed by atoms with Crippen molar-refractivity contribution in [2.75, 3.05) is 5.32 Å². The second-order valence-corrected chi connectivity index (χ2v) is 4.10. The molecule has 0 aliphatic carbocycles. The molecule has 0 bridgehead atoms. The highest BCUT2D eigenvalue weighted by molar-refractivity contribution is 6.12. The van der Waals surface area contributed by atoms with Gasteiger partial charge < -0.3 is 5.32 Å². The van der Waals surface area contributed by atoms with E-state index in [1.54, 1.807) is 24.4 Å². The van der Waals surface area contributed by atoms with E-state index in [-0.39, 0.29) is 11.5 Å². The molecule has 6 heteroatoms. The highest BCUT2D eigenvalue weighted by atomic mass is 16.1. The first-order chi connectivity index (χ1) is 9.79. The molecule has 2 aromatic heterocycles. The number of aromatic nitrogens is 3. The lowest BCUT2D eigenvalue weighted by Gasteiger charge is -2.06. The first-order valence-electron chi connectivity index (χ1n) is 5.88. The number of carbonyl (C=O) groups excluding carboxylic acids is 1. The fourth-order valence-corrected chi connectivity index (χ4v) is 1.95. The van der Waals surface area contributed by atoms with Gasteiger partial charge in [-0.05, 0) is 18.2 Å². The number of anilines is 1. The van der Waals surface area contributed by atoms with Crippen LogP contribution in [0.3, 0.4) is 0 Å². The van der Waals surface area contributed by atoms with Crippen molar-refractivity contribution in [3.8, 4) is 6.07 Å². The Kier molecular flexibility index (Phi) is 2.86. The Morgan fingerprint density at radius 1 is 1.30 bits per heavy atom. The Balaban J connectivity index is 2.00. The summed E-state index contributed by atoms with van der Waals surface area (Å²) >= 11 is 0. The van der Waals surface area contributed by atoms with Gasteiger partial charge in [-0.25, -0.2) is 0 Å². The number of hydrogen-bond acceptors (Lipinski definition) is 4. The number of pyridine rings is 1. The molecule has 0 atom stereocenters. The summed E-state index contributed by atoms with van der Waals surface area (Å²) in [5.41, 5.74) is 1.52. The van der Waals surface area contributed by atoms with E-state index in [0.29, 0.717) is 11.4 Å². The van der Waals surface area contributed by atoms with Crippen molar-refractivity contribution in [2.45, 2.75) is 0 Å². The summed E-state index contributed by atoms with van der Waals surface area (Å²) in [7, 11) is 0. The van der Waals surface area contributed by atoms with Gasteiger partial charge in [0.05, 0.1) is 11.7 Å². The summed E-state index contributed by atoms with van der Waals surface area (Å²) in [6.07, 6.45) is 3.03. The van der Waals surface area contributed by atoms with Crippen molar-refractivity contribution in [3.05, 3.63) is 53.9 Å². The van der Waals surface area contributed by atoms with Crippen molar-refractivity contribution in [3.63, 3.8) is 0 Å². The number of benzene rings is 1. The molecule has 3 rings (SSSR count). The molecule has 0 radical (unpaired) electrons. The monoisotopic (exact) mass is 263 g/mol. The molecule has 6 nitrogen and oxygen atoms in total. The third-order valence-corrected chi connectivity index (χ3v) is 2.89. The van der Waals surface area contributed by atoms with E-state index in [1.165, 1.54) is 6.20 Å². The maximum Gasteiger partial charge on any atom is 0.257 e. The Labute approximate surface area is 114 Å². The number of aromatic amines is 1. The van der Waals surface area contributed by atoms with Crippen molar-refractivity contribution < 1.29 is 4.79 Å². The van der Waals surface area contributed by atoms with Crippen LogP contribution in [0.1, 0.15) is 15.9 Å². The summed E-state index contributed by atoms with van der Waals surface area (Å²) in [4.78, 5) is 16.5. The van der Waals surface area contributed by atoms with Gasteiger partial charge in [-0.3, -0.25) is 14.9 Å². The zero-order valence-electron chi connectivity index (χ0n) is 10.3. The van der Waals surface area contributed by atoms with Crippen molar-refractivity contribution >= 4 is 22.6 Å². The molecule has 0 saturated heterocycles. The average Bonchev–Trinajstić information content (AvgIpc) is 2.93. The predicted octanol–water partition coefficient (Wildman–Crippen LogP) is 2.08. The number of H-pyrrole nitrogens is 1. The van der Waals surface area contributed by atoms with Crippen LogP contribution >= 0.6 is 0 Å². The van der Waals surface area contributed by atoms with Crippen LogP contribution < -0.4 is 5.32 Å². The van der Waals surface area contributed by atoms with Gasteiger partial charge in [-0.15, -0.1) is 0 Å². The van der Waals surface area contributed by atoms with Crippen LogP contribution in [0.4, 0.5) is 5.82 Å². The quantitative estimate of drug-likeness (QED) is 0.740. The Morgan fingerprint density at radius 3 is 3.05 bits per heavy atom. The molecule has 2 N–H and O–H groups in total. The average molecular weight is 263 g/mol. The van der Waals surface area contributed by atoms with Gasteiger partial charge in [-0.2, -0.15) is 10.4 Å². The largest absolute Gasteiger partial charge is 0.306 e. The number of rotatable bonds is 2. The predicted molar refractivity (Wildman–Crippen MR) is 73.0 cm³/mol. The highest BCUT2D eigenvalue weighted by Crippen LogP contribution is 2.18. The Morgan fingerprint density at radius 2 is 2.20 bits per heavy atom. The van der Waals surface area contributed by atoms with Crippen molar-refractivity contribution in [1.29, 1.82) is 5.26 Å². The fourth-order valence-electron chi connectivity index (χ4n) is 1.95. The summed E-state index contributed by atoms with van der Waals surface area (Å²) in [5, 5.41) is 18.6. The molecule has 0 unspecified atom stereocenters. The molecule has 1 aromatic carbocycles. The van der Waals surface area contributed by atoms with Crippen molar-refractivity contribution in [1.82, 2.24) is 15.2 Å². The second kappa shape index (κ2) is 4.82. The molecule has 3 aromatic rings. The van der Waals surface area contributed by atoms with Gasteiger partial charge >= 0.3 is 0 Å². The van der Waals surface area contributed by atoms with Gasteiger partial charge in [0, 0.05) is 17.1 Å². The zero-order chi connectivity index (χ0) is 13.9. The van der Waals surface area contributed by atoms with Crippen LogP contribution in [-0.2, 0) is 0 Å². The third-order valence-electron chi connectivity index (χ3n) is 2.89. The molecule has 1 amide bonds. The maximum absolute atomic E-state index is 12.3. The first-order valence-corrected chi connectivity index (χ1v) is 5.88. The normalized spacial score (nSPS) is 10.2. The van der Waals surface area contributed by atoms with Crippen LogP contribution in [0, 0.1) is 11.3 Å². The summed E-state index contributed by atoms with van der Waals surface area (Å²) in [5.74, 6) is -0.0252. The lowest BCUT2D eigenvalue weighted by molar-refractivity contribution is 0.102. The van der Waals surface area contributed by atoms with Gasteiger partial charge in [-0.1, -0.05) is 12.1 Å². The Hall–Kier alpha value is -3.20. The van der Waals surface area contributed by atoms with Gasteiger partial charge in [0.15, 0.2) is 0 Å². The first kappa shape index (κ1) is 11.9. The van der Waals surface area contributed by atoms with Crippen LogP contribution in [0.2, 0.25) is 0 Å². The molecular weight excluding hydrogens is 254 g/mol. The molecule has 2 heterocycles. The minimum Gasteiger partial charge on any atom is -0.306 e. The van der Waals surface area contributed by atoms with Gasteiger partial charge in [0.1, 0.15) is 17.5 Å². The molecule has 0 saturated carbocycles. The Bertz CT molecular complexity index is 825. The molecular formula is C14H9N5O. The van der Waals surface area contributed by atoms with Crippen LogP contribution in [-0.4, -0.2) is 21.1 Å². The van der Waals surface area contributed by atoms with E-state index in [2.05, 4.69) is 20.5 Å². The number of nitrogens with one attached hydrogen (secondary N) is 2. The van der Waals surface area contributed by atoms with E-state index in [4.69, 9.17) is 5.26 Å². The molecule has 0 aliphatic rings. The minimum absolute atomic E-state index is 0.289. The van der Waals surface area contributed by atoms with E-state index < -0.39 is 0 Å². The van der Waals surface area contributed by atoms with E-state index in [1.807, 2.05) is 18.2 Å². The summed E-state index contributed by atoms with van der Waals surface area (Å²) < 4.78 is 0. The number of carbonyl (C=O) groups is 1. The summed E-state index contributed by atoms with van der Waals surface area (Å²) in [6.45, 7) is 0. The lowest BCUT2D eigenvalue weighted by Crippen LogP contribution is -2.13. The van der Waals surface area contributed by atoms with E-state index >= 15 is 0 Å². The molecule has 20 heavy (non-hydrogen) atoms. The fraction of sp³-hybridized carbons (Fsp3) is 0.